The second-order valence-electron chi connectivity index (χ2n) is 6.24. The number of hydrogen-bond acceptors (Lipinski definition) is 1. The molecule has 0 radical (unpaired) electrons. The van der Waals surface area contributed by atoms with Crippen LogP contribution in [0.25, 0.3) is 0 Å². The number of halogens is 1. The Labute approximate surface area is 103 Å². The summed E-state index contributed by atoms with van der Waals surface area (Å²) in [5, 5.41) is 3.39. The van der Waals surface area contributed by atoms with Crippen LogP contribution < -0.4 is 5.32 Å². The van der Waals surface area contributed by atoms with Gasteiger partial charge in [-0.25, -0.2) is 4.39 Å². The molecular weight excluding hydrogens is 213 g/mol. The number of rotatable bonds is 3. The van der Waals surface area contributed by atoms with Gasteiger partial charge in [-0.15, -0.1) is 0 Å². The van der Waals surface area contributed by atoms with E-state index >= 15 is 0 Å². The lowest BCUT2D eigenvalue weighted by atomic mass is 9.97. The Morgan fingerprint density at radius 2 is 1.53 bits per heavy atom. The van der Waals surface area contributed by atoms with E-state index in [4.69, 9.17) is 0 Å². The molecule has 0 saturated heterocycles. The summed E-state index contributed by atoms with van der Waals surface area (Å²) >= 11 is 0. The number of hydrogen-bond donors (Lipinski definition) is 1. The van der Waals surface area contributed by atoms with Gasteiger partial charge in [-0.2, -0.15) is 0 Å². The Bertz CT molecular complexity index is 391. The first kappa shape index (κ1) is 12.6. The summed E-state index contributed by atoms with van der Waals surface area (Å²) in [5.41, 5.74) is 1.84. The van der Waals surface area contributed by atoms with Crippen LogP contribution in [0, 0.1) is 22.6 Å². The highest BCUT2D eigenvalue weighted by molar-refractivity contribution is 5.27. The largest absolute Gasteiger partial charge is 0.313 e. The molecule has 1 aromatic rings. The average molecular weight is 235 g/mol. The summed E-state index contributed by atoms with van der Waals surface area (Å²) in [4.78, 5) is 0. The highest BCUT2D eigenvalue weighted by Gasteiger charge is 2.67. The van der Waals surface area contributed by atoms with Gasteiger partial charge >= 0.3 is 0 Å². The van der Waals surface area contributed by atoms with Gasteiger partial charge in [0.05, 0.1) is 0 Å². The van der Waals surface area contributed by atoms with Crippen LogP contribution in [0.3, 0.4) is 0 Å². The van der Waals surface area contributed by atoms with Crippen LogP contribution in [-0.4, -0.2) is 7.05 Å². The van der Waals surface area contributed by atoms with Gasteiger partial charge in [0.2, 0.25) is 0 Å². The average Bonchev–Trinajstić information content (AvgIpc) is 2.65. The molecule has 1 fully saturated rings. The lowest BCUT2D eigenvalue weighted by molar-refractivity contribution is 0.437. The van der Waals surface area contributed by atoms with E-state index in [0.29, 0.717) is 22.8 Å². The Morgan fingerprint density at radius 1 is 1.06 bits per heavy atom. The van der Waals surface area contributed by atoms with E-state index in [1.165, 1.54) is 5.56 Å². The molecule has 2 heteroatoms. The molecular formula is C15H22FN. The molecule has 17 heavy (non-hydrogen) atoms. The summed E-state index contributed by atoms with van der Waals surface area (Å²) in [6.45, 7) is 9.24. The molecule has 1 unspecified atom stereocenters. The summed E-state index contributed by atoms with van der Waals surface area (Å²) in [7, 11) is 1.98. The fourth-order valence-corrected chi connectivity index (χ4v) is 3.28. The van der Waals surface area contributed by atoms with Crippen molar-refractivity contribution in [2.24, 2.45) is 16.7 Å². The van der Waals surface area contributed by atoms with Crippen molar-refractivity contribution >= 4 is 0 Å². The maximum absolute atomic E-state index is 13.0. The van der Waals surface area contributed by atoms with Crippen LogP contribution in [-0.2, 0) is 0 Å². The van der Waals surface area contributed by atoms with Gasteiger partial charge in [0.15, 0.2) is 0 Å². The SMILES string of the molecule is CNC(c1ccc(F)cc1)C1C(C)(C)C1(C)C. The van der Waals surface area contributed by atoms with Crippen LogP contribution >= 0.6 is 0 Å². The molecule has 1 aromatic carbocycles. The van der Waals surface area contributed by atoms with E-state index in [9.17, 15) is 4.39 Å². The predicted molar refractivity (Wildman–Crippen MR) is 69.3 cm³/mol. The van der Waals surface area contributed by atoms with Crippen LogP contribution in [0.5, 0.6) is 0 Å². The molecule has 0 spiro atoms. The van der Waals surface area contributed by atoms with Crippen LogP contribution in [0.2, 0.25) is 0 Å². The fraction of sp³-hybridized carbons (Fsp3) is 0.600. The van der Waals surface area contributed by atoms with Crippen LogP contribution in [0.4, 0.5) is 4.39 Å². The molecule has 0 aromatic heterocycles. The van der Waals surface area contributed by atoms with Crippen LogP contribution in [0.1, 0.15) is 39.3 Å². The van der Waals surface area contributed by atoms with Crippen molar-refractivity contribution in [3.05, 3.63) is 35.6 Å². The zero-order valence-corrected chi connectivity index (χ0v) is 11.3. The summed E-state index contributed by atoms with van der Waals surface area (Å²) in [6, 6.07) is 7.17. The van der Waals surface area contributed by atoms with Crippen molar-refractivity contribution in [2.75, 3.05) is 7.05 Å². The third-order valence-corrected chi connectivity index (χ3v) is 5.01. The van der Waals surface area contributed by atoms with Crippen molar-refractivity contribution < 1.29 is 4.39 Å². The molecule has 1 nitrogen and oxygen atoms in total. The molecule has 1 atom stereocenters. The monoisotopic (exact) mass is 235 g/mol. The third-order valence-electron chi connectivity index (χ3n) is 5.01. The third kappa shape index (κ3) is 1.79. The molecule has 1 N–H and O–H groups in total. The zero-order valence-electron chi connectivity index (χ0n) is 11.3. The van der Waals surface area contributed by atoms with E-state index in [2.05, 4.69) is 33.0 Å². The quantitative estimate of drug-likeness (QED) is 0.841. The maximum atomic E-state index is 13.0. The van der Waals surface area contributed by atoms with Gasteiger partial charge in [0.1, 0.15) is 5.82 Å². The van der Waals surface area contributed by atoms with Gasteiger partial charge in [0, 0.05) is 6.04 Å². The first-order valence-corrected chi connectivity index (χ1v) is 6.25. The smallest absolute Gasteiger partial charge is 0.123 e. The lowest BCUT2D eigenvalue weighted by Gasteiger charge is -2.19. The maximum Gasteiger partial charge on any atom is 0.123 e. The van der Waals surface area contributed by atoms with E-state index in [1.807, 2.05) is 19.2 Å². The molecule has 1 saturated carbocycles. The second kappa shape index (κ2) is 3.81. The van der Waals surface area contributed by atoms with Crippen molar-refractivity contribution in [1.29, 1.82) is 0 Å². The standard InChI is InChI=1S/C15H22FN/c1-14(2)13(15(14,3)4)12(17-5)10-6-8-11(16)9-7-10/h6-9,12-13,17H,1-5H3. The van der Waals surface area contributed by atoms with E-state index in [0.717, 1.165) is 0 Å². The highest BCUT2D eigenvalue weighted by Crippen LogP contribution is 2.72. The lowest BCUT2D eigenvalue weighted by Crippen LogP contribution is -2.21. The molecule has 0 heterocycles. The summed E-state index contributed by atoms with van der Waals surface area (Å²) < 4.78 is 13.0. The molecule has 0 aliphatic heterocycles. The zero-order chi connectivity index (χ0) is 12.8. The molecule has 94 valence electrons. The Kier molecular flexibility index (Phi) is 2.81. The minimum atomic E-state index is -0.169. The molecule has 2 rings (SSSR count). The minimum Gasteiger partial charge on any atom is -0.313 e. The first-order chi connectivity index (χ1) is 7.82. The number of nitrogens with one attached hydrogen (secondary N) is 1. The number of benzene rings is 1. The molecule has 0 bridgehead atoms. The van der Waals surface area contributed by atoms with E-state index < -0.39 is 0 Å². The van der Waals surface area contributed by atoms with Crippen molar-refractivity contribution in [3.63, 3.8) is 0 Å². The van der Waals surface area contributed by atoms with E-state index in [-0.39, 0.29) is 5.82 Å². The van der Waals surface area contributed by atoms with Gasteiger partial charge in [-0.1, -0.05) is 39.8 Å². The summed E-state index contributed by atoms with van der Waals surface area (Å²) in [6.07, 6.45) is 0. The fourth-order valence-electron chi connectivity index (χ4n) is 3.28. The Hall–Kier alpha value is -0.890. The van der Waals surface area contributed by atoms with Gasteiger partial charge in [-0.05, 0) is 41.5 Å². The van der Waals surface area contributed by atoms with Crippen molar-refractivity contribution in [3.8, 4) is 0 Å². The van der Waals surface area contributed by atoms with Gasteiger partial charge in [-0.3, -0.25) is 0 Å². The topological polar surface area (TPSA) is 12.0 Å². The van der Waals surface area contributed by atoms with Crippen molar-refractivity contribution in [2.45, 2.75) is 33.7 Å². The minimum absolute atomic E-state index is 0.169. The van der Waals surface area contributed by atoms with Gasteiger partial charge < -0.3 is 5.32 Å². The molecule has 1 aliphatic carbocycles. The molecule has 0 amide bonds. The summed E-state index contributed by atoms with van der Waals surface area (Å²) in [5.74, 6) is 0.420. The molecule has 1 aliphatic rings. The van der Waals surface area contributed by atoms with Gasteiger partial charge in [0.25, 0.3) is 0 Å². The van der Waals surface area contributed by atoms with E-state index in [1.54, 1.807) is 12.1 Å². The second-order valence-corrected chi connectivity index (χ2v) is 6.24. The Morgan fingerprint density at radius 3 is 1.88 bits per heavy atom. The predicted octanol–water partition coefficient (Wildman–Crippen LogP) is 3.77. The highest BCUT2D eigenvalue weighted by atomic mass is 19.1. The van der Waals surface area contributed by atoms with Crippen molar-refractivity contribution in [1.82, 2.24) is 5.32 Å². The normalized spacial score (nSPS) is 23.4. The first-order valence-electron chi connectivity index (χ1n) is 6.25. The van der Waals surface area contributed by atoms with Crippen LogP contribution in [0.15, 0.2) is 24.3 Å². The Balaban J connectivity index is 2.28.